The SMILES string of the molecule is CCC1(CC)CC(NC(=O)c2ccc(CN(c3cc(C)cc(C)c3)S(C)(=O)=O)cc2)c2ccccc2O1. The van der Waals surface area contributed by atoms with Gasteiger partial charge in [-0.3, -0.25) is 9.10 Å². The first-order valence-electron chi connectivity index (χ1n) is 12.8. The number of fused-ring (bicyclic) bond motifs is 1. The third kappa shape index (κ3) is 5.99. The minimum Gasteiger partial charge on any atom is -0.487 e. The van der Waals surface area contributed by atoms with Crippen LogP contribution >= 0.6 is 0 Å². The van der Waals surface area contributed by atoms with E-state index in [0.29, 0.717) is 17.7 Å². The molecule has 0 radical (unpaired) electrons. The lowest BCUT2D eigenvalue weighted by Crippen LogP contribution is -2.44. The van der Waals surface area contributed by atoms with Crippen molar-refractivity contribution in [3.05, 3.63) is 94.5 Å². The molecule has 3 aromatic carbocycles. The van der Waals surface area contributed by atoms with E-state index in [-0.39, 0.29) is 24.1 Å². The summed E-state index contributed by atoms with van der Waals surface area (Å²) in [5.74, 6) is 0.661. The van der Waals surface area contributed by atoms with E-state index in [1.807, 2.05) is 68.4 Å². The van der Waals surface area contributed by atoms with E-state index in [4.69, 9.17) is 4.74 Å². The van der Waals surface area contributed by atoms with Crippen LogP contribution in [0.5, 0.6) is 5.75 Å². The van der Waals surface area contributed by atoms with E-state index in [2.05, 4.69) is 19.2 Å². The third-order valence-electron chi connectivity index (χ3n) is 7.23. The second-order valence-electron chi connectivity index (χ2n) is 10.1. The Balaban J connectivity index is 1.53. The highest BCUT2D eigenvalue weighted by Gasteiger charge is 2.39. The van der Waals surface area contributed by atoms with Crippen LogP contribution in [0.4, 0.5) is 5.69 Å². The molecule has 37 heavy (non-hydrogen) atoms. The van der Waals surface area contributed by atoms with Crippen molar-refractivity contribution < 1.29 is 17.9 Å². The molecule has 0 spiro atoms. The van der Waals surface area contributed by atoms with E-state index in [1.54, 1.807) is 12.1 Å². The van der Waals surface area contributed by atoms with Crippen molar-refractivity contribution in [1.29, 1.82) is 0 Å². The Morgan fingerprint density at radius 2 is 1.62 bits per heavy atom. The van der Waals surface area contributed by atoms with Gasteiger partial charge in [0.25, 0.3) is 5.91 Å². The fraction of sp³-hybridized carbons (Fsp3) is 0.367. The highest BCUT2D eigenvalue weighted by molar-refractivity contribution is 7.92. The number of anilines is 1. The number of benzene rings is 3. The molecule has 3 aromatic rings. The first kappa shape index (κ1) is 26.7. The van der Waals surface area contributed by atoms with Crippen molar-refractivity contribution in [3.8, 4) is 5.75 Å². The summed E-state index contributed by atoms with van der Waals surface area (Å²) in [7, 11) is -3.50. The summed E-state index contributed by atoms with van der Waals surface area (Å²) in [5.41, 5.74) is 4.65. The van der Waals surface area contributed by atoms with Gasteiger partial charge in [-0.05, 0) is 73.7 Å². The maximum atomic E-state index is 13.2. The number of carbonyl (C=O) groups is 1. The van der Waals surface area contributed by atoms with Crippen LogP contribution in [0, 0.1) is 13.8 Å². The molecule has 0 bridgehead atoms. The van der Waals surface area contributed by atoms with Gasteiger partial charge in [0.1, 0.15) is 11.4 Å². The zero-order valence-corrected chi connectivity index (χ0v) is 23.1. The first-order valence-corrected chi connectivity index (χ1v) is 14.6. The van der Waals surface area contributed by atoms with Crippen LogP contribution in [0.3, 0.4) is 0 Å². The van der Waals surface area contributed by atoms with Gasteiger partial charge < -0.3 is 10.1 Å². The molecule has 0 saturated heterocycles. The second kappa shape index (κ2) is 10.6. The highest BCUT2D eigenvalue weighted by Crippen LogP contribution is 2.42. The lowest BCUT2D eigenvalue weighted by Gasteiger charge is -2.41. The van der Waals surface area contributed by atoms with E-state index in [9.17, 15) is 13.2 Å². The molecule has 0 saturated carbocycles. The standard InChI is InChI=1S/C30H36N2O4S/c1-6-30(7-2)19-27(26-10-8-9-11-28(26)36-30)31-29(33)24-14-12-23(13-15-24)20-32(37(5,34)35)25-17-21(3)16-22(4)18-25/h8-18,27H,6-7,19-20H2,1-5H3,(H,31,33). The summed E-state index contributed by atoms with van der Waals surface area (Å²) < 4.78 is 33.0. The highest BCUT2D eigenvalue weighted by atomic mass is 32.2. The Hall–Kier alpha value is -3.32. The largest absolute Gasteiger partial charge is 0.487 e. The Morgan fingerprint density at radius 1 is 1.00 bits per heavy atom. The molecule has 196 valence electrons. The van der Waals surface area contributed by atoms with Gasteiger partial charge in [0.15, 0.2) is 0 Å². The predicted molar refractivity (Wildman–Crippen MR) is 149 cm³/mol. The fourth-order valence-corrected chi connectivity index (χ4v) is 5.97. The van der Waals surface area contributed by atoms with Crippen LogP contribution in [-0.2, 0) is 16.6 Å². The van der Waals surface area contributed by atoms with E-state index < -0.39 is 10.0 Å². The maximum Gasteiger partial charge on any atom is 0.251 e. The van der Waals surface area contributed by atoms with Gasteiger partial charge in [-0.15, -0.1) is 0 Å². The predicted octanol–water partition coefficient (Wildman–Crippen LogP) is 6.08. The van der Waals surface area contributed by atoms with Gasteiger partial charge in [-0.2, -0.15) is 0 Å². The molecule has 0 fully saturated rings. The summed E-state index contributed by atoms with van der Waals surface area (Å²) in [6.07, 6.45) is 3.64. The van der Waals surface area contributed by atoms with Crippen molar-refractivity contribution >= 4 is 21.6 Å². The van der Waals surface area contributed by atoms with Gasteiger partial charge >= 0.3 is 0 Å². The smallest absolute Gasteiger partial charge is 0.251 e. The van der Waals surface area contributed by atoms with E-state index >= 15 is 0 Å². The molecule has 1 heterocycles. The van der Waals surface area contributed by atoms with Crippen LogP contribution in [0.25, 0.3) is 0 Å². The first-order chi connectivity index (χ1) is 17.5. The summed E-state index contributed by atoms with van der Waals surface area (Å²) in [6.45, 7) is 8.32. The number of sulfonamides is 1. The van der Waals surface area contributed by atoms with E-state index in [0.717, 1.165) is 40.8 Å². The molecule has 6 nitrogen and oxygen atoms in total. The van der Waals surface area contributed by atoms with Gasteiger partial charge in [-0.1, -0.05) is 50.2 Å². The van der Waals surface area contributed by atoms with Crippen LogP contribution in [0.2, 0.25) is 0 Å². The zero-order valence-electron chi connectivity index (χ0n) is 22.2. The van der Waals surface area contributed by atoms with Crippen LogP contribution in [-0.4, -0.2) is 26.2 Å². The number of aryl methyl sites for hydroxylation is 2. The molecular weight excluding hydrogens is 484 g/mol. The molecule has 4 rings (SSSR count). The average molecular weight is 521 g/mol. The molecule has 0 aromatic heterocycles. The lowest BCUT2D eigenvalue weighted by molar-refractivity contribution is 0.0227. The number of hydrogen-bond donors (Lipinski definition) is 1. The van der Waals surface area contributed by atoms with Crippen LogP contribution in [0.15, 0.2) is 66.7 Å². The zero-order chi connectivity index (χ0) is 26.8. The lowest BCUT2D eigenvalue weighted by atomic mass is 9.83. The molecule has 1 aliphatic heterocycles. The summed E-state index contributed by atoms with van der Waals surface area (Å²) in [4.78, 5) is 13.2. The quantitative estimate of drug-likeness (QED) is 0.390. The number of rotatable bonds is 8. The van der Waals surface area contributed by atoms with Crippen LogP contribution in [0.1, 0.15) is 71.8 Å². The molecule has 1 amide bonds. The molecule has 7 heteroatoms. The van der Waals surface area contributed by atoms with Crippen molar-refractivity contribution in [2.75, 3.05) is 10.6 Å². The Morgan fingerprint density at radius 3 is 2.22 bits per heavy atom. The van der Waals surface area contributed by atoms with Crippen molar-refractivity contribution in [1.82, 2.24) is 5.32 Å². The molecule has 1 unspecified atom stereocenters. The second-order valence-corrected chi connectivity index (χ2v) is 12.0. The number of hydrogen-bond acceptors (Lipinski definition) is 4. The minimum atomic E-state index is -3.50. The number of amides is 1. The number of para-hydroxylation sites is 1. The Bertz CT molecular complexity index is 1360. The number of carbonyl (C=O) groups excluding carboxylic acids is 1. The third-order valence-corrected chi connectivity index (χ3v) is 8.37. The monoisotopic (exact) mass is 520 g/mol. The number of nitrogens with one attached hydrogen (secondary N) is 1. The summed E-state index contributed by atoms with van der Waals surface area (Å²) in [5, 5.41) is 3.21. The molecule has 1 N–H and O–H groups in total. The Kier molecular flexibility index (Phi) is 7.64. The average Bonchev–Trinajstić information content (AvgIpc) is 2.86. The maximum absolute atomic E-state index is 13.2. The molecule has 1 atom stereocenters. The number of ether oxygens (including phenoxy) is 1. The van der Waals surface area contributed by atoms with Crippen molar-refractivity contribution in [2.24, 2.45) is 0 Å². The molecule has 1 aliphatic rings. The molecular formula is C30H36N2O4S. The minimum absolute atomic E-state index is 0.151. The molecule has 0 aliphatic carbocycles. The topological polar surface area (TPSA) is 75.7 Å². The van der Waals surface area contributed by atoms with Gasteiger partial charge in [0.2, 0.25) is 10.0 Å². The van der Waals surface area contributed by atoms with Gasteiger partial charge in [0, 0.05) is 17.5 Å². The fourth-order valence-electron chi connectivity index (χ4n) is 5.09. The normalized spacial score (nSPS) is 16.4. The van der Waals surface area contributed by atoms with Crippen molar-refractivity contribution in [3.63, 3.8) is 0 Å². The summed E-state index contributed by atoms with van der Waals surface area (Å²) >= 11 is 0. The van der Waals surface area contributed by atoms with E-state index in [1.165, 1.54) is 10.6 Å². The van der Waals surface area contributed by atoms with Crippen molar-refractivity contribution in [2.45, 2.75) is 65.1 Å². The number of nitrogens with zero attached hydrogens (tertiary/aromatic N) is 1. The van der Waals surface area contributed by atoms with Gasteiger partial charge in [0.05, 0.1) is 24.5 Å². The Labute approximate surface area is 220 Å². The van der Waals surface area contributed by atoms with Crippen LogP contribution < -0.4 is 14.4 Å². The van der Waals surface area contributed by atoms with Gasteiger partial charge in [-0.25, -0.2) is 8.42 Å². The summed E-state index contributed by atoms with van der Waals surface area (Å²) in [6, 6.07) is 20.6.